The van der Waals surface area contributed by atoms with Crippen molar-refractivity contribution in [2.45, 2.75) is 12.5 Å². The van der Waals surface area contributed by atoms with E-state index in [1.54, 1.807) is 18.2 Å². The highest BCUT2D eigenvalue weighted by Crippen LogP contribution is 2.22. The largest absolute Gasteiger partial charge is 0.506 e. The second kappa shape index (κ2) is 5.91. The SMILES string of the molecule is N[C@@H](Cc1c[nH]c2ccccc12)C(=O)Nc1ccccc1O. The quantitative estimate of drug-likeness (QED) is 0.557. The zero-order valence-corrected chi connectivity index (χ0v) is 11.9. The van der Waals surface area contributed by atoms with Gasteiger partial charge in [-0.1, -0.05) is 30.3 Å². The van der Waals surface area contributed by atoms with Crippen molar-refractivity contribution in [1.82, 2.24) is 4.98 Å². The molecular weight excluding hydrogens is 278 g/mol. The van der Waals surface area contributed by atoms with E-state index in [1.807, 2.05) is 30.5 Å². The van der Waals surface area contributed by atoms with Crippen molar-refractivity contribution in [2.75, 3.05) is 5.32 Å². The van der Waals surface area contributed by atoms with Gasteiger partial charge in [-0.15, -0.1) is 0 Å². The van der Waals surface area contributed by atoms with Crippen LogP contribution in [0, 0.1) is 0 Å². The molecule has 0 saturated carbocycles. The first kappa shape index (κ1) is 14.2. The number of nitrogens with one attached hydrogen (secondary N) is 2. The maximum atomic E-state index is 12.2. The number of H-pyrrole nitrogens is 1. The van der Waals surface area contributed by atoms with E-state index in [0.717, 1.165) is 16.5 Å². The maximum Gasteiger partial charge on any atom is 0.241 e. The first-order chi connectivity index (χ1) is 10.6. The van der Waals surface area contributed by atoms with E-state index in [4.69, 9.17) is 5.73 Å². The number of phenols is 1. The van der Waals surface area contributed by atoms with Gasteiger partial charge in [-0.2, -0.15) is 0 Å². The summed E-state index contributed by atoms with van der Waals surface area (Å²) >= 11 is 0. The van der Waals surface area contributed by atoms with Gasteiger partial charge in [-0.25, -0.2) is 0 Å². The highest BCUT2D eigenvalue weighted by molar-refractivity contribution is 5.96. The number of hydrogen-bond acceptors (Lipinski definition) is 3. The zero-order chi connectivity index (χ0) is 15.5. The van der Waals surface area contributed by atoms with Gasteiger partial charge >= 0.3 is 0 Å². The number of aromatic amines is 1. The van der Waals surface area contributed by atoms with E-state index in [2.05, 4.69) is 10.3 Å². The van der Waals surface area contributed by atoms with E-state index >= 15 is 0 Å². The molecule has 1 aromatic heterocycles. The van der Waals surface area contributed by atoms with Crippen molar-refractivity contribution in [3.63, 3.8) is 0 Å². The summed E-state index contributed by atoms with van der Waals surface area (Å²) in [4.78, 5) is 15.3. The van der Waals surface area contributed by atoms with Crippen LogP contribution in [0.4, 0.5) is 5.69 Å². The third-order valence-electron chi connectivity index (χ3n) is 3.61. The zero-order valence-electron chi connectivity index (χ0n) is 11.9. The van der Waals surface area contributed by atoms with Crippen LogP contribution in [-0.4, -0.2) is 22.0 Å². The van der Waals surface area contributed by atoms with Crippen LogP contribution >= 0.6 is 0 Å². The summed E-state index contributed by atoms with van der Waals surface area (Å²) < 4.78 is 0. The molecule has 5 N–H and O–H groups in total. The Kier molecular flexibility index (Phi) is 3.80. The molecule has 112 valence electrons. The van der Waals surface area contributed by atoms with Gasteiger partial charge in [0.2, 0.25) is 5.91 Å². The molecule has 1 atom stereocenters. The number of benzene rings is 2. The molecule has 1 amide bonds. The molecule has 5 heteroatoms. The van der Waals surface area contributed by atoms with Crippen LogP contribution in [0.5, 0.6) is 5.75 Å². The Morgan fingerprint density at radius 2 is 1.91 bits per heavy atom. The molecule has 0 aliphatic heterocycles. The average molecular weight is 295 g/mol. The minimum atomic E-state index is -0.696. The van der Waals surface area contributed by atoms with Gasteiger partial charge in [-0.05, 0) is 30.2 Å². The number of para-hydroxylation sites is 3. The smallest absolute Gasteiger partial charge is 0.241 e. The Morgan fingerprint density at radius 1 is 1.18 bits per heavy atom. The summed E-state index contributed by atoms with van der Waals surface area (Å²) in [5.41, 5.74) is 8.37. The summed E-state index contributed by atoms with van der Waals surface area (Å²) in [6.07, 6.45) is 2.29. The van der Waals surface area contributed by atoms with E-state index in [1.165, 1.54) is 6.07 Å². The van der Waals surface area contributed by atoms with Crippen molar-refractivity contribution in [2.24, 2.45) is 5.73 Å². The average Bonchev–Trinajstić information content (AvgIpc) is 2.93. The molecule has 3 aromatic rings. The number of rotatable bonds is 4. The number of carbonyl (C=O) groups excluding carboxylic acids is 1. The first-order valence-electron chi connectivity index (χ1n) is 7.04. The second-order valence-corrected chi connectivity index (χ2v) is 5.18. The number of aromatic hydroxyl groups is 1. The van der Waals surface area contributed by atoms with E-state index in [-0.39, 0.29) is 11.7 Å². The minimum absolute atomic E-state index is 0.0233. The number of anilines is 1. The van der Waals surface area contributed by atoms with Crippen LogP contribution in [0.2, 0.25) is 0 Å². The molecule has 3 rings (SSSR count). The standard InChI is InChI=1S/C17H17N3O2/c18-13(17(22)20-15-7-3-4-8-16(15)21)9-11-10-19-14-6-2-1-5-12(11)14/h1-8,10,13,19,21H,9,18H2,(H,20,22)/t13-/m0/s1. The lowest BCUT2D eigenvalue weighted by Gasteiger charge is -2.12. The van der Waals surface area contributed by atoms with Crippen molar-refractivity contribution >= 4 is 22.5 Å². The Bertz CT molecular complexity index is 810. The van der Waals surface area contributed by atoms with Crippen LogP contribution < -0.4 is 11.1 Å². The number of carbonyl (C=O) groups is 1. The Balaban J connectivity index is 1.73. The lowest BCUT2D eigenvalue weighted by molar-refractivity contribution is -0.117. The summed E-state index contributed by atoms with van der Waals surface area (Å²) in [5, 5.41) is 13.4. The minimum Gasteiger partial charge on any atom is -0.506 e. The van der Waals surface area contributed by atoms with Crippen LogP contribution in [-0.2, 0) is 11.2 Å². The molecule has 0 aliphatic rings. The highest BCUT2D eigenvalue weighted by Gasteiger charge is 2.17. The molecule has 0 fully saturated rings. The highest BCUT2D eigenvalue weighted by atomic mass is 16.3. The summed E-state index contributed by atoms with van der Waals surface area (Å²) in [5.74, 6) is -0.304. The van der Waals surface area contributed by atoms with Crippen molar-refractivity contribution < 1.29 is 9.90 Å². The molecule has 0 spiro atoms. The summed E-state index contributed by atoms with van der Waals surface area (Å²) in [6.45, 7) is 0. The fourth-order valence-corrected chi connectivity index (χ4v) is 2.43. The summed E-state index contributed by atoms with van der Waals surface area (Å²) in [7, 11) is 0. The molecule has 5 nitrogen and oxygen atoms in total. The summed E-state index contributed by atoms with van der Waals surface area (Å²) in [6, 6.07) is 13.8. The molecule has 2 aromatic carbocycles. The van der Waals surface area contributed by atoms with Gasteiger partial charge in [0.1, 0.15) is 5.75 Å². The fraction of sp³-hybridized carbons (Fsp3) is 0.118. The fourth-order valence-electron chi connectivity index (χ4n) is 2.43. The molecule has 0 aliphatic carbocycles. The normalized spacial score (nSPS) is 12.2. The van der Waals surface area contributed by atoms with Gasteiger partial charge in [0.25, 0.3) is 0 Å². The topological polar surface area (TPSA) is 91.1 Å². The van der Waals surface area contributed by atoms with Gasteiger partial charge in [0.05, 0.1) is 11.7 Å². The van der Waals surface area contributed by atoms with Crippen molar-refractivity contribution in [3.05, 3.63) is 60.3 Å². The Morgan fingerprint density at radius 3 is 2.73 bits per heavy atom. The van der Waals surface area contributed by atoms with Crippen LogP contribution in [0.25, 0.3) is 10.9 Å². The van der Waals surface area contributed by atoms with Gasteiger partial charge in [-0.3, -0.25) is 4.79 Å². The first-order valence-corrected chi connectivity index (χ1v) is 7.04. The maximum absolute atomic E-state index is 12.2. The molecule has 22 heavy (non-hydrogen) atoms. The van der Waals surface area contributed by atoms with Crippen LogP contribution in [0.3, 0.4) is 0 Å². The number of aromatic nitrogens is 1. The van der Waals surface area contributed by atoms with Crippen molar-refractivity contribution in [1.29, 1.82) is 0 Å². The van der Waals surface area contributed by atoms with E-state index in [0.29, 0.717) is 12.1 Å². The lowest BCUT2D eigenvalue weighted by Crippen LogP contribution is -2.37. The molecule has 0 saturated heterocycles. The predicted molar refractivity (Wildman–Crippen MR) is 86.7 cm³/mol. The number of hydrogen-bond donors (Lipinski definition) is 4. The number of amides is 1. The Hall–Kier alpha value is -2.79. The molecule has 0 radical (unpaired) electrons. The van der Waals surface area contributed by atoms with Crippen molar-refractivity contribution in [3.8, 4) is 5.75 Å². The van der Waals surface area contributed by atoms with Crippen LogP contribution in [0.1, 0.15) is 5.56 Å². The third-order valence-corrected chi connectivity index (χ3v) is 3.61. The van der Waals surface area contributed by atoms with Gasteiger partial charge < -0.3 is 21.1 Å². The lowest BCUT2D eigenvalue weighted by atomic mass is 10.0. The number of nitrogens with two attached hydrogens (primary N) is 1. The van der Waals surface area contributed by atoms with E-state index < -0.39 is 6.04 Å². The Labute approximate surface area is 127 Å². The number of phenolic OH excluding ortho intramolecular Hbond substituents is 1. The third kappa shape index (κ3) is 2.80. The van der Waals surface area contributed by atoms with Gasteiger partial charge in [0, 0.05) is 17.1 Å². The monoisotopic (exact) mass is 295 g/mol. The molecule has 1 heterocycles. The molecule has 0 unspecified atom stereocenters. The molecular formula is C17H17N3O2. The van der Waals surface area contributed by atoms with E-state index in [9.17, 15) is 9.90 Å². The molecule has 0 bridgehead atoms. The second-order valence-electron chi connectivity index (χ2n) is 5.18. The van der Waals surface area contributed by atoms with Crippen LogP contribution in [0.15, 0.2) is 54.7 Å². The number of fused-ring (bicyclic) bond motifs is 1. The predicted octanol–water partition coefficient (Wildman–Crippen LogP) is 2.38. The van der Waals surface area contributed by atoms with Gasteiger partial charge in [0.15, 0.2) is 0 Å².